The molecule has 15 heavy (non-hydrogen) atoms. The first kappa shape index (κ1) is 10.7. The second-order valence-electron chi connectivity index (χ2n) is 4.94. The van der Waals surface area contributed by atoms with Crippen LogP contribution >= 0.6 is 0 Å². The lowest BCUT2D eigenvalue weighted by molar-refractivity contribution is 0.205. The summed E-state index contributed by atoms with van der Waals surface area (Å²) in [7, 11) is 0. The molecule has 0 radical (unpaired) electrons. The molecule has 2 saturated heterocycles. The molecule has 0 aromatic heterocycles. The van der Waals surface area contributed by atoms with Crippen molar-refractivity contribution in [2.24, 2.45) is 0 Å². The molecule has 4 heteroatoms. The Morgan fingerprint density at radius 2 is 2.13 bits per heavy atom. The van der Waals surface area contributed by atoms with Gasteiger partial charge in [-0.15, -0.1) is 0 Å². The van der Waals surface area contributed by atoms with Crippen molar-refractivity contribution in [2.75, 3.05) is 26.2 Å². The van der Waals surface area contributed by atoms with E-state index in [1.165, 1.54) is 6.42 Å². The lowest BCUT2D eigenvalue weighted by atomic mass is 10.0. The molecule has 0 aromatic rings. The van der Waals surface area contributed by atoms with Crippen LogP contribution in [0.4, 0.5) is 4.79 Å². The van der Waals surface area contributed by atoms with Crippen molar-refractivity contribution in [1.29, 1.82) is 0 Å². The summed E-state index contributed by atoms with van der Waals surface area (Å²) in [4.78, 5) is 13.6. The molecule has 0 saturated carbocycles. The molecule has 2 aliphatic heterocycles. The lowest BCUT2D eigenvalue weighted by Crippen LogP contribution is -2.50. The number of urea groups is 1. The predicted molar refractivity (Wildman–Crippen MR) is 59.8 cm³/mol. The average molecular weight is 211 g/mol. The smallest absolute Gasteiger partial charge is 0.317 e. The Bertz CT molecular complexity index is 230. The number of rotatable bonds is 2. The number of carbonyl (C=O) groups excluding carboxylic acids is 1. The molecule has 0 bridgehead atoms. The van der Waals surface area contributed by atoms with Gasteiger partial charge in [0.15, 0.2) is 0 Å². The Hall–Kier alpha value is -0.770. The molecule has 0 aliphatic carbocycles. The Morgan fingerprint density at radius 3 is 2.73 bits per heavy atom. The number of nitrogens with zero attached hydrogens (tertiary/aromatic N) is 1. The largest absolute Gasteiger partial charge is 0.336 e. The highest BCUT2D eigenvalue weighted by Crippen LogP contribution is 2.17. The van der Waals surface area contributed by atoms with E-state index in [1.54, 1.807) is 0 Å². The third kappa shape index (κ3) is 2.62. The number of hydrogen-bond acceptors (Lipinski definition) is 2. The fourth-order valence-electron chi connectivity index (χ4n) is 2.41. The van der Waals surface area contributed by atoms with E-state index in [4.69, 9.17) is 0 Å². The van der Waals surface area contributed by atoms with Gasteiger partial charge < -0.3 is 15.5 Å². The van der Waals surface area contributed by atoms with Crippen molar-refractivity contribution < 1.29 is 4.79 Å². The fraction of sp³-hybridized carbons (Fsp3) is 0.909. The maximum absolute atomic E-state index is 11.7. The molecule has 0 aromatic carbocycles. The standard InChI is InChI=1S/C11H21N3O/c1-11(5-4-6-13-11)9-12-10(15)14-7-2-3-8-14/h13H,2-9H2,1H3,(H,12,15). The maximum Gasteiger partial charge on any atom is 0.317 e. The van der Waals surface area contributed by atoms with Crippen LogP contribution in [0.25, 0.3) is 0 Å². The molecule has 2 fully saturated rings. The molecular weight excluding hydrogens is 190 g/mol. The number of likely N-dealkylation sites (tertiary alicyclic amines) is 1. The topological polar surface area (TPSA) is 44.4 Å². The van der Waals surface area contributed by atoms with Gasteiger partial charge in [0.05, 0.1) is 0 Å². The molecule has 0 spiro atoms. The minimum Gasteiger partial charge on any atom is -0.336 e. The van der Waals surface area contributed by atoms with Crippen LogP contribution in [0.1, 0.15) is 32.6 Å². The number of nitrogens with one attached hydrogen (secondary N) is 2. The van der Waals surface area contributed by atoms with E-state index >= 15 is 0 Å². The molecule has 2 N–H and O–H groups in total. The molecule has 86 valence electrons. The van der Waals surface area contributed by atoms with Gasteiger partial charge >= 0.3 is 6.03 Å². The lowest BCUT2D eigenvalue weighted by Gasteiger charge is -2.26. The van der Waals surface area contributed by atoms with Gasteiger partial charge in [-0.3, -0.25) is 0 Å². The van der Waals surface area contributed by atoms with Crippen molar-refractivity contribution in [1.82, 2.24) is 15.5 Å². The zero-order chi connectivity index (χ0) is 10.7. The predicted octanol–water partition coefficient (Wildman–Crippen LogP) is 0.934. The summed E-state index contributed by atoms with van der Waals surface area (Å²) in [5, 5.41) is 6.48. The van der Waals surface area contributed by atoms with Crippen LogP contribution in [-0.2, 0) is 0 Å². The van der Waals surface area contributed by atoms with Gasteiger partial charge in [-0.25, -0.2) is 4.79 Å². The van der Waals surface area contributed by atoms with E-state index in [9.17, 15) is 4.79 Å². The van der Waals surface area contributed by atoms with Crippen LogP contribution in [0.3, 0.4) is 0 Å². The van der Waals surface area contributed by atoms with E-state index in [-0.39, 0.29) is 11.6 Å². The van der Waals surface area contributed by atoms with E-state index in [0.29, 0.717) is 0 Å². The van der Waals surface area contributed by atoms with Crippen LogP contribution in [0.5, 0.6) is 0 Å². The van der Waals surface area contributed by atoms with Crippen molar-refractivity contribution in [2.45, 2.75) is 38.1 Å². The fourth-order valence-corrected chi connectivity index (χ4v) is 2.41. The molecule has 2 rings (SSSR count). The van der Waals surface area contributed by atoms with Crippen molar-refractivity contribution in [3.63, 3.8) is 0 Å². The summed E-state index contributed by atoms with van der Waals surface area (Å²) in [6, 6.07) is 0.113. The van der Waals surface area contributed by atoms with Gasteiger partial charge in [0.2, 0.25) is 0 Å². The molecule has 1 atom stereocenters. The van der Waals surface area contributed by atoms with Crippen molar-refractivity contribution >= 4 is 6.03 Å². The first-order chi connectivity index (χ1) is 7.20. The molecule has 2 amide bonds. The minimum atomic E-state index is 0.113. The van der Waals surface area contributed by atoms with Crippen LogP contribution in [0, 0.1) is 0 Å². The monoisotopic (exact) mass is 211 g/mol. The summed E-state index contributed by atoms with van der Waals surface area (Å²) in [6.07, 6.45) is 4.69. The summed E-state index contributed by atoms with van der Waals surface area (Å²) in [5.41, 5.74) is 0.120. The van der Waals surface area contributed by atoms with Gasteiger partial charge in [0.25, 0.3) is 0 Å². The SMILES string of the molecule is CC1(CNC(=O)N2CCCC2)CCCN1. The van der Waals surface area contributed by atoms with Crippen molar-refractivity contribution in [3.05, 3.63) is 0 Å². The third-order valence-corrected chi connectivity index (χ3v) is 3.48. The van der Waals surface area contributed by atoms with Crippen LogP contribution in [0.15, 0.2) is 0 Å². The maximum atomic E-state index is 11.7. The number of hydrogen-bond donors (Lipinski definition) is 2. The number of amides is 2. The first-order valence-electron chi connectivity index (χ1n) is 5.97. The van der Waals surface area contributed by atoms with Gasteiger partial charge in [0.1, 0.15) is 0 Å². The molecular formula is C11H21N3O. The average Bonchev–Trinajstić information content (AvgIpc) is 2.85. The van der Waals surface area contributed by atoms with Gasteiger partial charge in [-0.1, -0.05) is 0 Å². The Kier molecular flexibility index (Phi) is 3.14. The van der Waals surface area contributed by atoms with Crippen LogP contribution in [0.2, 0.25) is 0 Å². The zero-order valence-corrected chi connectivity index (χ0v) is 9.51. The second kappa shape index (κ2) is 4.39. The van der Waals surface area contributed by atoms with E-state index in [1.807, 2.05) is 4.90 Å². The normalized spacial score (nSPS) is 30.9. The highest BCUT2D eigenvalue weighted by atomic mass is 16.2. The minimum absolute atomic E-state index is 0.113. The van der Waals surface area contributed by atoms with E-state index < -0.39 is 0 Å². The summed E-state index contributed by atoms with van der Waals surface area (Å²) < 4.78 is 0. The third-order valence-electron chi connectivity index (χ3n) is 3.48. The van der Waals surface area contributed by atoms with Crippen LogP contribution < -0.4 is 10.6 Å². The highest BCUT2D eigenvalue weighted by molar-refractivity contribution is 5.74. The molecule has 4 nitrogen and oxygen atoms in total. The summed E-state index contributed by atoms with van der Waals surface area (Å²) in [5.74, 6) is 0. The van der Waals surface area contributed by atoms with Crippen LogP contribution in [-0.4, -0.2) is 42.6 Å². The Labute approximate surface area is 91.4 Å². The quantitative estimate of drug-likeness (QED) is 0.714. The van der Waals surface area contributed by atoms with Crippen molar-refractivity contribution in [3.8, 4) is 0 Å². The summed E-state index contributed by atoms with van der Waals surface area (Å²) in [6.45, 7) is 5.87. The highest BCUT2D eigenvalue weighted by Gasteiger charge is 2.29. The van der Waals surface area contributed by atoms with Gasteiger partial charge in [-0.05, 0) is 39.2 Å². The number of carbonyl (C=O) groups is 1. The second-order valence-corrected chi connectivity index (χ2v) is 4.94. The van der Waals surface area contributed by atoms with Gasteiger partial charge in [0, 0.05) is 25.2 Å². The van der Waals surface area contributed by atoms with E-state index in [0.717, 1.165) is 45.4 Å². The first-order valence-corrected chi connectivity index (χ1v) is 5.97. The molecule has 2 aliphatic rings. The molecule has 2 heterocycles. The summed E-state index contributed by atoms with van der Waals surface area (Å²) >= 11 is 0. The molecule has 1 unspecified atom stereocenters. The Balaban J connectivity index is 1.74. The Morgan fingerprint density at radius 1 is 1.40 bits per heavy atom. The van der Waals surface area contributed by atoms with E-state index in [2.05, 4.69) is 17.6 Å². The zero-order valence-electron chi connectivity index (χ0n) is 9.51. The van der Waals surface area contributed by atoms with Gasteiger partial charge in [-0.2, -0.15) is 0 Å².